The van der Waals surface area contributed by atoms with Crippen molar-refractivity contribution in [2.75, 3.05) is 0 Å². The van der Waals surface area contributed by atoms with Crippen LogP contribution in [0.3, 0.4) is 0 Å². The molecule has 1 aliphatic rings. The third-order valence-corrected chi connectivity index (χ3v) is 1.28. The Morgan fingerprint density at radius 2 is 2.62 bits per heavy atom. The second kappa shape index (κ2) is 2.13. The number of ether oxygens (including phenoxy) is 1. The average molecular weight is 115 g/mol. The van der Waals surface area contributed by atoms with Crippen molar-refractivity contribution in [3.8, 4) is 0 Å². The van der Waals surface area contributed by atoms with Crippen molar-refractivity contribution >= 4 is 6.47 Å². The van der Waals surface area contributed by atoms with Gasteiger partial charge in [0.25, 0.3) is 6.47 Å². The molecule has 3 heteroatoms. The maximum absolute atomic E-state index is 9.65. The highest BCUT2D eigenvalue weighted by Gasteiger charge is 2.35. The predicted octanol–water partition coefficient (Wildman–Crippen LogP) is -0.133. The lowest BCUT2D eigenvalue weighted by Crippen LogP contribution is -1.96. The maximum atomic E-state index is 9.65. The molecule has 1 N–H and O–H groups in total. The van der Waals surface area contributed by atoms with Crippen molar-refractivity contribution in [1.82, 2.24) is 5.32 Å². The molecule has 0 aromatic carbocycles. The van der Waals surface area contributed by atoms with Crippen molar-refractivity contribution in [2.45, 2.75) is 25.6 Å². The molecule has 1 heterocycles. The quantitative estimate of drug-likeness (QED) is 0.411. The van der Waals surface area contributed by atoms with Gasteiger partial charge in [-0.25, -0.2) is 0 Å². The second-order valence-electron chi connectivity index (χ2n) is 1.83. The molecular formula is C5H9NO2. The fraction of sp³-hybridized carbons (Fsp3) is 0.800. The summed E-state index contributed by atoms with van der Waals surface area (Å²) in [5.41, 5.74) is 0. The predicted molar refractivity (Wildman–Crippen MR) is 28.2 cm³/mol. The van der Waals surface area contributed by atoms with Crippen molar-refractivity contribution in [2.24, 2.45) is 0 Å². The van der Waals surface area contributed by atoms with Crippen LogP contribution in [-0.4, -0.2) is 18.7 Å². The standard InChI is InChI=1S/C5H9NO2/c1-2-4-5(6-4)8-3-7/h3-6H,2H2,1H3/t4-,5+/m0/s1. The van der Waals surface area contributed by atoms with Gasteiger partial charge >= 0.3 is 0 Å². The summed E-state index contributed by atoms with van der Waals surface area (Å²) in [6.07, 6.45) is 1.04. The smallest absolute Gasteiger partial charge is 0.294 e. The average Bonchev–Trinajstić information content (AvgIpc) is 2.48. The Bertz CT molecular complexity index is 94.4. The van der Waals surface area contributed by atoms with Crippen LogP contribution in [0, 0.1) is 0 Å². The molecule has 0 bridgehead atoms. The molecule has 0 unspecified atom stereocenters. The van der Waals surface area contributed by atoms with E-state index in [0.717, 1.165) is 6.42 Å². The van der Waals surface area contributed by atoms with E-state index in [1.807, 2.05) is 6.92 Å². The Kier molecular flexibility index (Phi) is 1.48. The summed E-state index contributed by atoms with van der Waals surface area (Å²) < 4.78 is 4.56. The number of carbonyl (C=O) groups is 1. The van der Waals surface area contributed by atoms with Crippen molar-refractivity contribution in [3.63, 3.8) is 0 Å². The minimum atomic E-state index is 0.0116. The van der Waals surface area contributed by atoms with Crippen LogP contribution in [0.1, 0.15) is 13.3 Å². The monoisotopic (exact) mass is 115 g/mol. The number of hydrogen-bond acceptors (Lipinski definition) is 3. The summed E-state index contributed by atoms with van der Waals surface area (Å²) >= 11 is 0. The molecular weight excluding hydrogens is 106 g/mol. The number of rotatable bonds is 3. The Morgan fingerprint density at radius 3 is 3.00 bits per heavy atom. The van der Waals surface area contributed by atoms with E-state index in [1.165, 1.54) is 0 Å². The Labute approximate surface area is 48.0 Å². The van der Waals surface area contributed by atoms with Gasteiger partial charge in [-0.05, 0) is 6.42 Å². The van der Waals surface area contributed by atoms with Gasteiger partial charge < -0.3 is 4.74 Å². The van der Waals surface area contributed by atoms with Crippen molar-refractivity contribution < 1.29 is 9.53 Å². The second-order valence-corrected chi connectivity index (χ2v) is 1.83. The first-order valence-corrected chi connectivity index (χ1v) is 2.73. The normalized spacial score (nSPS) is 34.1. The van der Waals surface area contributed by atoms with Gasteiger partial charge in [0.2, 0.25) is 0 Å². The fourth-order valence-corrected chi connectivity index (χ4v) is 0.681. The Hall–Kier alpha value is -0.570. The third kappa shape index (κ3) is 0.980. The molecule has 1 saturated heterocycles. The van der Waals surface area contributed by atoms with Crippen LogP contribution in [0.15, 0.2) is 0 Å². The third-order valence-electron chi connectivity index (χ3n) is 1.28. The molecule has 0 aromatic rings. The number of nitrogens with one attached hydrogen (secondary N) is 1. The van der Waals surface area contributed by atoms with Gasteiger partial charge in [0.1, 0.15) is 0 Å². The molecule has 2 atom stereocenters. The maximum Gasteiger partial charge on any atom is 0.294 e. The zero-order valence-corrected chi connectivity index (χ0v) is 4.76. The zero-order valence-electron chi connectivity index (χ0n) is 4.76. The summed E-state index contributed by atoms with van der Waals surface area (Å²) in [5, 5.41) is 2.97. The Morgan fingerprint density at radius 1 is 1.88 bits per heavy atom. The minimum Gasteiger partial charge on any atom is -0.447 e. The minimum absolute atomic E-state index is 0.0116. The molecule has 3 nitrogen and oxygen atoms in total. The first-order chi connectivity index (χ1) is 3.88. The van der Waals surface area contributed by atoms with Gasteiger partial charge in [0, 0.05) is 0 Å². The largest absolute Gasteiger partial charge is 0.447 e. The van der Waals surface area contributed by atoms with Crippen LogP contribution >= 0.6 is 0 Å². The van der Waals surface area contributed by atoms with Gasteiger partial charge in [0.15, 0.2) is 6.23 Å². The highest BCUT2D eigenvalue weighted by molar-refractivity contribution is 5.38. The highest BCUT2D eigenvalue weighted by Crippen LogP contribution is 2.13. The van der Waals surface area contributed by atoms with Crippen molar-refractivity contribution in [1.29, 1.82) is 0 Å². The number of hydrogen-bond donors (Lipinski definition) is 1. The SMILES string of the molecule is CC[C@@H]1N[C@@H]1OC=O. The van der Waals surface area contributed by atoms with E-state index in [-0.39, 0.29) is 6.23 Å². The summed E-state index contributed by atoms with van der Waals surface area (Å²) in [5.74, 6) is 0. The highest BCUT2D eigenvalue weighted by atomic mass is 16.6. The van der Waals surface area contributed by atoms with Gasteiger partial charge in [-0.1, -0.05) is 6.92 Å². The van der Waals surface area contributed by atoms with Crippen molar-refractivity contribution in [3.05, 3.63) is 0 Å². The van der Waals surface area contributed by atoms with Crippen LogP contribution in [-0.2, 0) is 9.53 Å². The van der Waals surface area contributed by atoms with Gasteiger partial charge in [-0.15, -0.1) is 0 Å². The van der Waals surface area contributed by atoms with Gasteiger partial charge in [0.05, 0.1) is 6.04 Å². The van der Waals surface area contributed by atoms with E-state index in [4.69, 9.17) is 0 Å². The first kappa shape index (κ1) is 5.56. The molecule has 0 aliphatic carbocycles. The molecule has 0 radical (unpaired) electrons. The molecule has 0 spiro atoms. The summed E-state index contributed by atoms with van der Waals surface area (Å²) in [6, 6.07) is 0.417. The van der Waals surface area contributed by atoms with E-state index < -0.39 is 0 Å². The summed E-state index contributed by atoms with van der Waals surface area (Å²) in [6.45, 7) is 2.53. The van der Waals surface area contributed by atoms with E-state index in [0.29, 0.717) is 12.5 Å². The Balaban J connectivity index is 2.07. The van der Waals surface area contributed by atoms with Crippen LogP contribution < -0.4 is 5.32 Å². The molecule has 8 heavy (non-hydrogen) atoms. The van der Waals surface area contributed by atoms with E-state index >= 15 is 0 Å². The van der Waals surface area contributed by atoms with E-state index in [2.05, 4.69) is 10.1 Å². The molecule has 0 saturated carbocycles. The van der Waals surface area contributed by atoms with E-state index in [9.17, 15) is 4.79 Å². The topological polar surface area (TPSA) is 48.2 Å². The molecule has 0 amide bonds. The lowest BCUT2D eigenvalue weighted by atomic mass is 10.4. The molecule has 1 fully saturated rings. The van der Waals surface area contributed by atoms with Gasteiger partial charge in [-0.3, -0.25) is 10.1 Å². The molecule has 0 aromatic heterocycles. The molecule has 46 valence electrons. The first-order valence-electron chi connectivity index (χ1n) is 2.73. The van der Waals surface area contributed by atoms with Crippen LogP contribution in [0.25, 0.3) is 0 Å². The van der Waals surface area contributed by atoms with Crippen LogP contribution in [0.5, 0.6) is 0 Å². The fourth-order valence-electron chi connectivity index (χ4n) is 0.681. The van der Waals surface area contributed by atoms with Crippen LogP contribution in [0.4, 0.5) is 0 Å². The summed E-state index contributed by atoms with van der Waals surface area (Å²) in [7, 11) is 0. The van der Waals surface area contributed by atoms with E-state index in [1.54, 1.807) is 0 Å². The van der Waals surface area contributed by atoms with Crippen LogP contribution in [0.2, 0.25) is 0 Å². The lowest BCUT2D eigenvalue weighted by Gasteiger charge is -1.87. The zero-order chi connectivity index (χ0) is 5.98. The van der Waals surface area contributed by atoms with Gasteiger partial charge in [-0.2, -0.15) is 0 Å². The summed E-state index contributed by atoms with van der Waals surface area (Å²) in [4.78, 5) is 9.65. The number of carbonyl (C=O) groups excluding carboxylic acids is 1. The molecule has 1 aliphatic heterocycles. The molecule has 1 rings (SSSR count). The lowest BCUT2D eigenvalue weighted by molar-refractivity contribution is -0.130.